The lowest BCUT2D eigenvalue weighted by Crippen LogP contribution is -2.30. The lowest BCUT2D eigenvalue weighted by atomic mass is 10.2. The molecule has 0 spiro atoms. The van der Waals surface area contributed by atoms with E-state index in [0.717, 1.165) is 6.07 Å². The molecule has 1 aromatic heterocycles. The van der Waals surface area contributed by atoms with E-state index in [9.17, 15) is 14.4 Å². The standard InChI is InChI=1S/C20H14N2O5/c1-12(19(24)22-15-8-4-2-6-13(15)11-21)26-20(25)18-10-16(23)14-7-3-5-9-17(14)27-18/h2-10,12H,1H3,(H,22,24)/t12-/m1/s1. The number of amides is 1. The Kier molecular flexibility index (Phi) is 4.99. The van der Waals surface area contributed by atoms with Crippen LogP contribution in [-0.2, 0) is 9.53 Å². The number of nitrogens with one attached hydrogen (secondary N) is 1. The first kappa shape index (κ1) is 17.9. The number of carbonyl (C=O) groups excluding carboxylic acids is 2. The molecule has 0 fully saturated rings. The van der Waals surface area contributed by atoms with Gasteiger partial charge in [0.15, 0.2) is 11.5 Å². The van der Waals surface area contributed by atoms with E-state index < -0.39 is 18.0 Å². The van der Waals surface area contributed by atoms with Crippen LogP contribution < -0.4 is 10.7 Å². The molecule has 0 radical (unpaired) electrons. The Morgan fingerprint density at radius 3 is 2.63 bits per heavy atom. The van der Waals surface area contributed by atoms with E-state index in [1.807, 2.05) is 6.07 Å². The van der Waals surface area contributed by atoms with Crippen LogP contribution in [-0.4, -0.2) is 18.0 Å². The van der Waals surface area contributed by atoms with Crippen molar-refractivity contribution in [2.75, 3.05) is 5.32 Å². The summed E-state index contributed by atoms with van der Waals surface area (Å²) in [5.41, 5.74) is 0.455. The fraction of sp³-hybridized carbons (Fsp3) is 0.100. The Morgan fingerprint density at radius 2 is 1.85 bits per heavy atom. The van der Waals surface area contributed by atoms with Gasteiger partial charge in [0, 0.05) is 6.07 Å². The van der Waals surface area contributed by atoms with Gasteiger partial charge in [0.1, 0.15) is 11.7 Å². The van der Waals surface area contributed by atoms with Crippen molar-refractivity contribution in [1.82, 2.24) is 0 Å². The van der Waals surface area contributed by atoms with Crippen molar-refractivity contribution in [2.45, 2.75) is 13.0 Å². The predicted octanol–water partition coefficient (Wildman–Crippen LogP) is 2.85. The molecule has 0 unspecified atom stereocenters. The summed E-state index contributed by atoms with van der Waals surface area (Å²) in [4.78, 5) is 36.5. The number of nitriles is 1. The van der Waals surface area contributed by atoms with Crippen LogP contribution in [0.2, 0.25) is 0 Å². The number of para-hydroxylation sites is 2. The molecule has 7 nitrogen and oxygen atoms in total. The maximum Gasteiger partial charge on any atom is 0.375 e. The summed E-state index contributed by atoms with van der Waals surface area (Å²) in [6, 6.07) is 15.9. The fourth-order valence-electron chi connectivity index (χ4n) is 2.40. The Balaban J connectivity index is 1.75. The van der Waals surface area contributed by atoms with Gasteiger partial charge in [0.2, 0.25) is 5.76 Å². The average molecular weight is 362 g/mol. The van der Waals surface area contributed by atoms with Crippen molar-refractivity contribution in [3.8, 4) is 6.07 Å². The smallest absolute Gasteiger partial charge is 0.375 e. The van der Waals surface area contributed by atoms with E-state index in [4.69, 9.17) is 14.4 Å². The van der Waals surface area contributed by atoms with Gasteiger partial charge in [-0.2, -0.15) is 5.26 Å². The quantitative estimate of drug-likeness (QED) is 0.715. The molecule has 1 atom stereocenters. The molecular formula is C20H14N2O5. The highest BCUT2D eigenvalue weighted by atomic mass is 16.6. The molecule has 3 aromatic rings. The normalized spacial score (nSPS) is 11.4. The topological polar surface area (TPSA) is 109 Å². The van der Waals surface area contributed by atoms with Gasteiger partial charge in [-0.3, -0.25) is 9.59 Å². The number of anilines is 1. The molecule has 1 heterocycles. The van der Waals surface area contributed by atoms with Gasteiger partial charge in [-0.1, -0.05) is 24.3 Å². The first-order valence-corrected chi connectivity index (χ1v) is 8.03. The highest BCUT2D eigenvalue weighted by Gasteiger charge is 2.22. The van der Waals surface area contributed by atoms with Crippen molar-refractivity contribution in [3.05, 3.63) is 76.1 Å². The first-order valence-electron chi connectivity index (χ1n) is 8.03. The summed E-state index contributed by atoms with van der Waals surface area (Å²) < 4.78 is 10.5. The fourth-order valence-corrected chi connectivity index (χ4v) is 2.40. The number of fused-ring (bicyclic) bond motifs is 1. The molecule has 1 N–H and O–H groups in total. The Hall–Kier alpha value is -3.92. The Bertz CT molecular complexity index is 1130. The molecule has 2 aromatic carbocycles. The molecule has 0 aliphatic rings. The van der Waals surface area contributed by atoms with E-state index in [1.54, 1.807) is 48.5 Å². The molecular weight excluding hydrogens is 348 g/mol. The third kappa shape index (κ3) is 3.85. The number of hydrogen-bond acceptors (Lipinski definition) is 6. The van der Waals surface area contributed by atoms with Crippen LogP contribution in [0.5, 0.6) is 0 Å². The summed E-state index contributed by atoms with van der Waals surface area (Å²) in [6.45, 7) is 1.38. The minimum Gasteiger partial charge on any atom is -0.449 e. The number of benzene rings is 2. The summed E-state index contributed by atoms with van der Waals surface area (Å²) in [5.74, 6) is -1.85. The van der Waals surface area contributed by atoms with Crippen molar-refractivity contribution in [1.29, 1.82) is 5.26 Å². The number of ether oxygens (including phenoxy) is 1. The largest absolute Gasteiger partial charge is 0.449 e. The minimum atomic E-state index is -1.17. The van der Waals surface area contributed by atoms with Gasteiger partial charge in [-0.25, -0.2) is 4.79 Å². The van der Waals surface area contributed by atoms with E-state index in [1.165, 1.54) is 6.92 Å². The molecule has 0 saturated carbocycles. The van der Waals surface area contributed by atoms with Gasteiger partial charge in [-0.15, -0.1) is 0 Å². The SMILES string of the molecule is C[C@@H](OC(=O)c1cc(=O)c2ccccc2o1)C(=O)Nc1ccccc1C#N. The number of nitrogens with zero attached hydrogens (tertiary/aromatic N) is 1. The van der Waals surface area contributed by atoms with Gasteiger partial charge in [0.05, 0.1) is 16.6 Å². The second-order valence-corrected chi connectivity index (χ2v) is 5.67. The number of carbonyl (C=O) groups is 2. The molecule has 0 aliphatic carbocycles. The maximum absolute atomic E-state index is 12.2. The molecule has 3 rings (SSSR count). The monoisotopic (exact) mass is 362 g/mol. The van der Waals surface area contributed by atoms with Crippen LogP contribution >= 0.6 is 0 Å². The molecule has 134 valence electrons. The summed E-state index contributed by atoms with van der Waals surface area (Å²) in [5, 5.41) is 11.9. The van der Waals surface area contributed by atoms with Gasteiger partial charge >= 0.3 is 5.97 Å². The van der Waals surface area contributed by atoms with E-state index >= 15 is 0 Å². The lowest BCUT2D eigenvalue weighted by Gasteiger charge is -2.13. The Morgan fingerprint density at radius 1 is 1.15 bits per heavy atom. The van der Waals surface area contributed by atoms with Crippen LogP contribution in [0.4, 0.5) is 5.69 Å². The molecule has 0 bridgehead atoms. The van der Waals surface area contributed by atoms with Crippen molar-refractivity contribution in [3.63, 3.8) is 0 Å². The summed E-state index contributed by atoms with van der Waals surface area (Å²) in [6.07, 6.45) is -1.17. The third-order valence-corrected chi connectivity index (χ3v) is 3.79. The molecule has 27 heavy (non-hydrogen) atoms. The van der Waals surface area contributed by atoms with Crippen molar-refractivity contribution < 1.29 is 18.7 Å². The molecule has 0 saturated heterocycles. The van der Waals surface area contributed by atoms with Crippen LogP contribution in [0.15, 0.2) is 63.8 Å². The third-order valence-electron chi connectivity index (χ3n) is 3.79. The van der Waals surface area contributed by atoms with Gasteiger partial charge in [-0.05, 0) is 31.2 Å². The van der Waals surface area contributed by atoms with Crippen LogP contribution in [0.1, 0.15) is 23.0 Å². The zero-order valence-corrected chi connectivity index (χ0v) is 14.3. The maximum atomic E-state index is 12.2. The van der Waals surface area contributed by atoms with E-state index in [2.05, 4.69) is 5.32 Å². The van der Waals surface area contributed by atoms with Crippen LogP contribution in [0.3, 0.4) is 0 Å². The average Bonchev–Trinajstić information content (AvgIpc) is 2.68. The zero-order chi connectivity index (χ0) is 19.4. The molecule has 0 aliphatic heterocycles. The van der Waals surface area contributed by atoms with Gasteiger partial charge in [0.25, 0.3) is 5.91 Å². The Labute approximate surface area is 153 Å². The summed E-state index contributed by atoms with van der Waals surface area (Å²) >= 11 is 0. The minimum absolute atomic E-state index is 0.247. The number of hydrogen-bond donors (Lipinski definition) is 1. The highest BCUT2D eigenvalue weighted by molar-refractivity contribution is 5.97. The highest BCUT2D eigenvalue weighted by Crippen LogP contribution is 2.16. The second-order valence-electron chi connectivity index (χ2n) is 5.67. The van der Waals surface area contributed by atoms with Crippen LogP contribution in [0.25, 0.3) is 11.0 Å². The first-order chi connectivity index (χ1) is 13.0. The molecule has 1 amide bonds. The van der Waals surface area contributed by atoms with Crippen molar-refractivity contribution >= 4 is 28.5 Å². The number of rotatable bonds is 4. The van der Waals surface area contributed by atoms with E-state index in [0.29, 0.717) is 11.1 Å². The predicted molar refractivity (Wildman–Crippen MR) is 97.1 cm³/mol. The van der Waals surface area contributed by atoms with Crippen molar-refractivity contribution in [2.24, 2.45) is 0 Å². The van der Waals surface area contributed by atoms with Gasteiger partial charge < -0.3 is 14.5 Å². The second kappa shape index (κ2) is 7.54. The zero-order valence-electron chi connectivity index (χ0n) is 14.3. The van der Waals surface area contributed by atoms with Crippen LogP contribution in [0, 0.1) is 11.3 Å². The van der Waals surface area contributed by atoms with E-state index in [-0.39, 0.29) is 22.3 Å². The lowest BCUT2D eigenvalue weighted by molar-refractivity contribution is -0.123. The number of esters is 1. The summed E-state index contributed by atoms with van der Waals surface area (Å²) in [7, 11) is 0. The molecule has 7 heteroatoms.